The summed E-state index contributed by atoms with van der Waals surface area (Å²) < 4.78 is 5.24. The summed E-state index contributed by atoms with van der Waals surface area (Å²) in [7, 11) is 0. The van der Waals surface area contributed by atoms with E-state index >= 15 is 0 Å². The second kappa shape index (κ2) is 7.82. The van der Waals surface area contributed by atoms with Crippen molar-refractivity contribution in [3.05, 3.63) is 0 Å². The van der Waals surface area contributed by atoms with Crippen LogP contribution in [-0.2, 0) is 4.74 Å². The second-order valence-corrected chi connectivity index (χ2v) is 6.11. The SMILES string of the molecule is CCC[C@H](CSCC)NC(=O)OC(C)(C)C. The maximum Gasteiger partial charge on any atom is 0.407 e. The lowest BCUT2D eigenvalue weighted by atomic mass is 10.2. The largest absolute Gasteiger partial charge is 0.444 e. The molecule has 1 amide bonds. The minimum Gasteiger partial charge on any atom is -0.444 e. The number of ether oxygens (including phenoxy) is 1. The molecule has 0 radical (unpaired) electrons. The minimum absolute atomic E-state index is 0.227. The first-order valence-electron chi connectivity index (χ1n) is 5.96. The third kappa shape index (κ3) is 8.89. The molecule has 3 nitrogen and oxygen atoms in total. The summed E-state index contributed by atoms with van der Waals surface area (Å²) in [6.07, 6.45) is 1.78. The van der Waals surface area contributed by atoms with Crippen molar-refractivity contribution in [2.24, 2.45) is 0 Å². The number of carbonyl (C=O) groups is 1. The third-order valence-electron chi connectivity index (χ3n) is 1.88. The normalized spacial score (nSPS) is 13.3. The molecule has 0 rings (SSSR count). The van der Waals surface area contributed by atoms with Crippen molar-refractivity contribution < 1.29 is 9.53 Å². The molecule has 0 saturated heterocycles. The van der Waals surface area contributed by atoms with Crippen molar-refractivity contribution in [1.29, 1.82) is 0 Å². The lowest BCUT2D eigenvalue weighted by Crippen LogP contribution is -2.40. The van der Waals surface area contributed by atoms with Gasteiger partial charge in [0.1, 0.15) is 5.60 Å². The summed E-state index contributed by atoms with van der Waals surface area (Å²) in [6, 6.07) is 0.227. The Labute approximate surface area is 104 Å². The van der Waals surface area contributed by atoms with Crippen LogP contribution in [0.25, 0.3) is 0 Å². The molecule has 1 N–H and O–H groups in total. The Morgan fingerprint density at radius 2 is 2.00 bits per heavy atom. The van der Waals surface area contributed by atoms with Crippen molar-refractivity contribution in [3.63, 3.8) is 0 Å². The zero-order valence-electron chi connectivity index (χ0n) is 11.1. The van der Waals surface area contributed by atoms with Gasteiger partial charge in [0.15, 0.2) is 0 Å². The van der Waals surface area contributed by atoms with E-state index in [0.29, 0.717) is 0 Å². The van der Waals surface area contributed by atoms with Gasteiger partial charge in [-0.05, 0) is 32.9 Å². The standard InChI is InChI=1S/C12H25NO2S/c1-6-8-10(9-16-7-2)13-11(14)15-12(3,4)5/h10H,6-9H2,1-5H3,(H,13,14)/t10-/m1/s1. The van der Waals surface area contributed by atoms with Gasteiger partial charge in [0, 0.05) is 11.8 Å². The smallest absolute Gasteiger partial charge is 0.407 e. The highest BCUT2D eigenvalue weighted by atomic mass is 32.2. The van der Waals surface area contributed by atoms with Gasteiger partial charge in [-0.2, -0.15) is 11.8 Å². The van der Waals surface area contributed by atoms with Gasteiger partial charge >= 0.3 is 6.09 Å². The summed E-state index contributed by atoms with van der Waals surface area (Å²) in [6.45, 7) is 9.88. The van der Waals surface area contributed by atoms with Crippen LogP contribution in [-0.4, -0.2) is 29.2 Å². The molecule has 4 heteroatoms. The lowest BCUT2D eigenvalue weighted by Gasteiger charge is -2.23. The van der Waals surface area contributed by atoms with Crippen LogP contribution in [0.2, 0.25) is 0 Å². The average molecular weight is 247 g/mol. The number of carbonyl (C=O) groups excluding carboxylic acids is 1. The van der Waals surface area contributed by atoms with Gasteiger partial charge in [0.25, 0.3) is 0 Å². The van der Waals surface area contributed by atoms with Gasteiger partial charge in [0.2, 0.25) is 0 Å². The summed E-state index contributed by atoms with van der Waals surface area (Å²) >= 11 is 1.85. The molecule has 0 unspecified atom stereocenters. The van der Waals surface area contributed by atoms with Crippen molar-refractivity contribution in [1.82, 2.24) is 5.32 Å². The van der Waals surface area contributed by atoms with Crippen LogP contribution < -0.4 is 5.32 Å². The van der Waals surface area contributed by atoms with Crippen LogP contribution in [0.4, 0.5) is 4.79 Å². The Balaban J connectivity index is 4.02. The molecule has 0 aliphatic rings. The average Bonchev–Trinajstić information content (AvgIpc) is 2.11. The predicted octanol–water partition coefficient (Wildman–Crippen LogP) is 3.43. The molecule has 16 heavy (non-hydrogen) atoms. The monoisotopic (exact) mass is 247 g/mol. The maximum absolute atomic E-state index is 11.6. The highest BCUT2D eigenvalue weighted by molar-refractivity contribution is 7.99. The zero-order chi connectivity index (χ0) is 12.6. The number of hydrogen-bond donors (Lipinski definition) is 1. The molecule has 0 fully saturated rings. The third-order valence-corrected chi connectivity index (χ3v) is 2.93. The fraction of sp³-hybridized carbons (Fsp3) is 0.917. The maximum atomic E-state index is 11.6. The Kier molecular flexibility index (Phi) is 7.64. The van der Waals surface area contributed by atoms with Gasteiger partial charge in [-0.1, -0.05) is 20.3 Å². The van der Waals surface area contributed by atoms with E-state index in [1.807, 2.05) is 32.5 Å². The van der Waals surface area contributed by atoms with E-state index in [2.05, 4.69) is 19.2 Å². The molecule has 0 bridgehead atoms. The van der Waals surface area contributed by atoms with Crippen LogP contribution in [0.15, 0.2) is 0 Å². The number of alkyl carbamates (subject to hydrolysis) is 1. The van der Waals surface area contributed by atoms with Gasteiger partial charge < -0.3 is 10.1 Å². The first kappa shape index (κ1) is 15.6. The van der Waals surface area contributed by atoms with Gasteiger partial charge in [-0.25, -0.2) is 4.79 Å². The number of amides is 1. The fourth-order valence-electron chi connectivity index (χ4n) is 1.28. The number of thioether (sulfide) groups is 1. The number of nitrogens with one attached hydrogen (secondary N) is 1. The molecular weight excluding hydrogens is 222 g/mol. The molecule has 0 aromatic rings. The first-order valence-corrected chi connectivity index (χ1v) is 7.11. The molecule has 0 aliphatic carbocycles. The van der Waals surface area contributed by atoms with E-state index < -0.39 is 5.60 Å². The second-order valence-electron chi connectivity index (χ2n) is 4.79. The van der Waals surface area contributed by atoms with Crippen molar-refractivity contribution >= 4 is 17.9 Å². The number of hydrogen-bond acceptors (Lipinski definition) is 3. The van der Waals surface area contributed by atoms with Crippen molar-refractivity contribution in [2.45, 2.75) is 59.1 Å². The highest BCUT2D eigenvalue weighted by Crippen LogP contribution is 2.10. The van der Waals surface area contributed by atoms with E-state index in [4.69, 9.17) is 4.74 Å². The molecule has 0 saturated carbocycles. The molecule has 0 aromatic carbocycles. The lowest BCUT2D eigenvalue weighted by molar-refractivity contribution is 0.0507. The minimum atomic E-state index is -0.418. The Hall–Kier alpha value is -0.380. The van der Waals surface area contributed by atoms with Gasteiger partial charge in [0.05, 0.1) is 0 Å². The van der Waals surface area contributed by atoms with E-state index in [-0.39, 0.29) is 12.1 Å². The molecule has 0 aliphatic heterocycles. The fourth-order valence-corrected chi connectivity index (χ4v) is 2.05. The Morgan fingerprint density at radius 1 is 1.38 bits per heavy atom. The van der Waals surface area contributed by atoms with Crippen LogP contribution in [0.1, 0.15) is 47.5 Å². The van der Waals surface area contributed by atoms with E-state index in [1.54, 1.807) is 0 Å². The Bertz CT molecular complexity index is 202. The molecule has 96 valence electrons. The van der Waals surface area contributed by atoms with E-state index in [1.165, 1.54) is 0 Å². The summed E-state index contributed by atoms with van der Waals surface area (Å²) in [4.78, 5) is 11.6. The molecule has 0 spiro atoms. The van der Waals surface area contributed by atoms with Crippen molar-refractivity contribution in [3.8, 4) is 0 Å². The quantitative estimate of drug-likeness (QED) is 0.781. The summed E-state index contributed by atoms with van der Waals surface area (Å²) in [5, 5.41) is 2.93. The highest BCUT2D eigenvalue weighted by Gasteiger charge is 2.18. The molecule has 0 heterocycles. The van der Waals surface area contributed by atoms with Crippen LogP contribution in [0.5, 0.6) is 0 Å². The summed E-state index contributed by atoms with van der Waals surface area (Å²) in [5.41, 5.74) is -0.418. The van der Waals surface area contributed by atoms with Crippen LogP contribution in [0.3, 0.4) is 0 Å². The topological polar surface area (TPSA) is 38.3 Å². The van der Waals surface area contributed by atoms with Crippen molar-refractivity contribution in [2.75, 3.05) is 11.5 Å². The van der Waals surface area contributed by atoms with E-state index in [0.717, 1.165) is 24.3 Å². The molecular formula is C12H25NO2S. The molecule has 0 aromatic heterocycles. The Morgan fingerprint density at radius 3 is 2.44 bits per heavy atom. The summed E-state index contributed by atoms with van der Waals surface area (Å²) in [5.74, 6) is 2.04. The van der Waals surface area contributed by atoms with Crippen LogP contribution in [0, 0.1) is 0 Å². The number of rotatable bonds is 6. The van der Waals surface area contributed by atoms with Crippen LogP contribution >= 0.6 is 11.8 Å². The van der Waals surface area contributed by atoms with Gasteiger partial charge in [-0.3, -0.25) is 0 Å². The van der Waals surface area contributed by atoms with Gasteiger partial charge in [-0.15, -0.1) is 0 Å². The predicted molar refractivity (Wildman–Crippen MR) is 71.1 cm³/mol. The first-order chi connectivity index (χ1) is 7.39. The zero-order valence-corrected chi connectivity index (χ0v) is 11.9. The van der Waals surface area contributed by atoms with E-state index in [9.17, 15) is 4.79 Å². The molecule has 1 atom stereocenters.